The summed E-state index contributed by atoms with van der Waals surface area (Å²) < 4.78 is 44.5. The molecule has 1 aliphatic carbocycles. The first-order valence-corrected chi connectivity index (χ1v) is 9.24. The van der Waals surface area contributed by atoms with E-state index in [1.54, 1.807) is 19.2 Å². The lowest BCUT2D eigenvalue weighted by Crippen LogP contribution is -2.48. The van der Waals surface area contributed by atoms with E-state index in [0.29, 0.717) is 23.8 Å². The third kappa shape index (κ3) is 5.46. The van der Waals surface area contributed by atoms with Crippen LogP contribution in [0.15, 0.2) is 45.8 Å². The van der Waals surface area contributed by atoms with Crippen molar-refractivity contribution < 1.29 is 22.4 Å². The van der Waals surface area contributed by atoms with Crippen LogP contribution in [-0.2, 0) is 18.1 Å². The number of carbonyl (C=O) groups is 1. The molecule has 1 aliphatic rings. The van der Waals surface area contributed by atoms with Gasteiger partial charge in [0.05, 0.1) is 12.1 Å². The van der Waals surface area contributed by atoms with Gasteiger partial charge >= 0.3 is 6.18 Å². The first-order valence-electron chi connectivity index (χ1n) is 9.24. The zero-order valence-electron chi connectivity index (χ0n) is 16.4. The maximum atomic E-state index is 13.1. The van der Waals surface area contributed by atoms with E-state index >= 15 is 0 Å². The maximum Gasteiger partial charge on any atom is 0.416 e. The van der Waals surface area contributed by atoms with Gasteiger partial charge in [-0.05, 0) is 36.6 Å². The molecule has 0 atom stereocenters. The number of hydrogen-bond donors (Lipinski definition) is 3. The summed E-state index contributed by atoms with van der Waals surface area (Å²) >= 11 is 0. The first-order chi connectivity index (χ1) is 13.7. The van der Waals surface area contributed by atoms with Crippen molar-refractivity contribution in [1.29, 1.82) is 0 Å². The first kappa shape index (κ1) is 24.0. The molecule has 2 aromatic rings. The monoisotopic (exact) mass is 536 g/mol. The third-order valence-corrected chi connectivity index (χ3v) is 5.27. The number of nitrogens with two attached hydrogens (primary N) is 1. The molecule has 0 unspecified atom stereocenters. The van der Waals surface area contributed by atoms with E-state index in [2.05, 4.69) is 15.6 Å². The van der Waals surface area contributed by atoms with E-state index in [4.69, 9.17) is 10.2 Å². The van der Waals surface area contributed by atoms with Crippen LogP contribution in [0.5, 0.6) is 0 Å². The second-order valence-electron chi connectivity index (χ2n) is 7.12. The second-order valence-corrected chi connectivity index (χ2v) is 7.12. The van der Waals surface area contributed by atoms with Crippen molar-refractivity contribution in [2.24, 2.45) is 10.7 Å². The normalized spacial score (nSPS) is 15.7. The van der Waals surface area contributed by atoms with Crippen molar-refractivity contribution in [3.63, 3.8) is 0 Å². The Labute approximate surface area is 189 Å². The number of guanidine groups is 1. The standard InChI is InChI=1S/C20H23F3N4O2.HI/c1-25-18(26-11-15-6-7-16(29-15)17(24)28)27-12-19(8-3-9-19)13-4-2-5-14(10-13)20(21,22)23;/h2,4-7,10H,3,8-9,11-12H2,1H3,(H2,24,28)(H2,25,26,27);1H. The highest BCUT2D eigenvalue weighted by Gasteiger charge is 2.40. The van der Waals surface area contributed by atoms with Gasteiger partial charge in [0.1, 0.15) is 5.76 Å². The predicted molar refractivity (Wildman–Crippen MR) is 118 cm³/mol. The number of carbonyl (C=O) groups excluding carboxylic acids is 1. The molecular formula is C20H24F3IN4O2. The average Bonchev–Trinajstić information content (AvgIpc) is 3.12. The van der Waals surface area contributed by atoms with E-state index in [0.717, 1.165) is 25.3 Å². The Bertz CT molecular complexity index is 907. The Morgan fingerprint density at radius 3 is 2.50 bits per heavy atom. The van der Waals surface area contributed by atoms with E-state index in [1.165, 1.54) is 18.2 Å². The molecule has 0 radical (unpaired) electrons. The molecule has 1 saturated carbocycles. The van der Waals surface area contributed by atoms with Crippen molar-refractivity contribution >= 4 is 35.8 Å². The quantitative estimate of drug-likeness (QED) is 0.298. The summed E-state index contributed by atoms with van der Waals surface area (Å²) in [5.74, 6) is 0.424. The molecular weight excluding hydrogens is 512 g/mol. The Morgan fingerprint density at radius 1 is 1.23 bits per heavy atom. The second kappa shape index (κ2) is 9.71. The minimum atomic E-state index is -4.36. The number of hydrogen-bond acceptors (Lipinski definition) is 3. The van der Waals surface area contributed by atoms with Crippen LogP contribution in [-0.4, -0.2) is 25.5 Å². The fourth-order valence-electron chi connectivity index (χ4n) is 3.45. The van der Waals surface area contributed by atoms with Gasteiger partial charge in [-0.15, -0.1) is 24.0 Å². The molecule has 30 heavy (non-hydrogen) atoms. The molecule has 4 N–H and O–H groups in total. The molecule has 1 amide bonds. The van der Waals surface area contributed by atoms with Gasteiger partial charge in [-0.3, -0.25) is 9.79 Å². The van der Waals surface area contributed by atoms with Crippen LogP contribution in [0.1, 0.15) is 46.7 Å². The summed E-state index contributed by atoms with van der Waals surface area (Å²) in [6.07, 6.45) is -1.79. The summed E-state index contributed by atoms with van der Waals surface area (Å²) in [5, 5.41) is 6.25. The lowest BCUT2D eigenvalue weighted by atomic mass is 9.64. The van der Waals surface area contributed by atoms with Gasteiger partial charge in [0.25, 0.3) is 5.91 Å². The van der Waals surface area contributed by atoms with Crippen LogP contribution in [0.25, 0.3) is 0 Å². The van der Waals surface area contributed by atoms with Crippen molar-refractivity contribution in [1.82, 2.24) is 10.6 Å². The number of furan rings is 1. The van der Waals surface area contributed by atoms with Crippen molar-refractivity contribution in [2.75, 3.05) is 13.6 Å². The maximum absolute atomic E-state index is 13.1. The average molecular weight is 536 g/mol. The molecule has 164 valence electrons. The molecule has 0 aliphatic heterocycles. The largest absolute Gasteiger partial charge is 0.454 e. The van der Waals surface area contributed by atoms with Gasteiger partial charge in [0.2, 0.25) is 0 Å². The van der Waals surface area contributed by atoms with Crippen LogP contribution in [0.4, 0.5) is 13.2 Å². The minimum absolute atomic E-state index is 0. The number of aliphatic imine (C=N–C) groups is 1. The molecule has 6 nitrogen and oxygen atoms in total. The van der Waals surface area contributed by atoms with Gasteiger partial charge in [-0.2, -0.15) is 13.2 Å². The molecule has 1 fully saturated rings. The number of benzene rings is 1. The van der Waals surface area contributed by atoms with Crippen LogP contribution in [0.3, 0.4) is 0 Å². The van der Waals surface area contributed by atoms with Crippen molar-refractivity contribution in [3.8, 4) is 0 Å². The summed E-state index contributed by atoms with van der Waals surface area (Å²) in [6, 6.07) is 8.67. The topological polar surface area (TPSA) is 92.6 Å². The number of primary amides is 1. The number of rotatable bonds is 6. The molecule has 3 rings (SSSR count). The molecule has 0 spiro atoms. The Kier molecular flexibility index (Phi) is 7.78. The third-order valence-electron chi connectivity index (χ3n) is 5.27. The molecule has 0 saturated heterocycles. The summed E-state index contributed by atoms with van der Waals surface area (Å²) in [6.45, 7) is 0.738. The highest BCUT2D eigenvalue weighted by Crippen LogP contribution is 2.44. The van der Waals surface area contributed by atoms with Gasteiger partial charge in [-0.1, -0.05) is 24.6 Å². The number of alkyl halides is 3. The van der Waals surface area contributed by atoms with Crippen LogP contribution in [0, 0.1) is 0 Å². The van der Waals surface area contributed by atoms with E-state index in [1.807, 2.05) is 0 Å². The lowest BCUT2D eigenvalue weighted by molar-refractivity contribution is -0.137. The summed E-state index contributed by atoms with van der Waals surface area (Å²) in [5.41, 5.74) is 4.85. The predicted octanol–water partition coefficient (Wildman–Crippen LogP) is 3.80. The van der Waals surface area contributed by atoms with Gasteiger partial charge in [-0.25, -0.2) is 0 Å². The van der Waals surface area contributed by atoms with Crippen LogP contribution >= 0.6 is 24.0 Å². The fourth-order valence-corrected chi connectivity index (χ4v) is 3.45. The fraction of sp³-hybridized carbons (Fsp3) is 0.400. The molecule has 1 heterocycles. The summed E-state index contributed by atoms with van der Waals surface area (Å²) in [7, 11) is 1.60. The lowest BCUT2D eigenvalue weighted by Gasteiger charge is -2.43. The van der Waals surface area contributed by atoms with Gasteiger partial charge < -0.3 is 20.8 Å². The molecule has 1 aromatic carbocycles. The number of amides is 1. The van der Waals surface area contributed by atoms with Crippen molar-refractivity contribution in [2.45, 2.75) is 37.4 Å². The smallest absolute Gasteiger partial charge is 0.416 e. The van der Waals surface area contributed by atoms with Crippen LogP contribution in [0.2, 0.25) is 0 Å². The Morgan fingerprint density at radius 2 is 1.97 bits per heavy atom. The minimum Gasteiger partial charge on any atom is -0.454 e. The van der Waals surface area contributed by atoms with Gasteiger partial charge in [0, 0.05) is 19.0 Å². The van der Waals surface area contributed by atoms with Gasteiger partial charge in [0.15, 0.2) is 11.7 Å². The highest BCUT2D eigenvalue weighted by molar-refractivity contribution is 14.0. The van der Waals surface area contributed by atoms with Crippen LogP contribution < -0.4 is 16.4 Å². The number of halogens is 4. The molecule has 0 bridgehead atoms. The molecule has 10 heteroatoms. The zero-order valence-corrected chi connectivity index (χ0v) is 18.7. The van der Waals surface area contributed by atoms with E-state index in [-0.39, 0.29) is 41.7 Å². The van der Waals surface area contributed by atoms with E-state index < -0.39 is 17.6 Å². The number of nitrogens with one attached hydrogen (secondary N) is 2. The van der Waals surface area contributed by atoms with E-state index in [9.17, 15) is 18.0 Å². The summed E-state index contributed by atoms with van der Waals surface area (Å²) in [4.78, 5) is 15.2. The van der Waals surface area contributed by atoms with Crippen molar-refractivity contribution in [3.05, 3.63) is 59.0 Å². The zero-order chi connectivity index (χ0) is 21.1. The Balaban J connectivity index is 0.00000320. The SMILES string of the molecule is CN=C(NCc1ccc(C(N)=O)o1)NCC1(c2cccc(C(F)(F)F)c2)CCC1.I. The highest BCUT2D eigenvalue weighted by atomic mass is 127. The number of nitrogens with zero attached hydrogens (tertiary/aromatic N) is 1. The molecule has 1 aromatic heterocycles. The Hall–Kier alpha value is -2.24.